The molecular formula is C12H8F3N3O3. The Bertz CT molecular complexity index is 705. The van der Waals surface area contributed by atoms with Crippen LogP contribution in [0.5, 0.6) is 0 Å². The van der Waals surface area contributed by atoms with Gasteiger partial charge in [0.25, 0.3) is 0 Å². The summed E-state index contributed by atoms with van der Waals surface area (Å²) in [5, 5.41) is 8.81. The summed E-state index contributed by atoms with van der Waals surface area (Å²) in [5.74, 6) is -2.41. The molecule has 0 spiro atoms. The number of nitrogens with two attached hydrogens (primary N) is 1. The van der Waals surface area contributed by atoms with Crippen molar-refractivity contribution in [3.05, 3.63) is 47.4 Å². The summed E-state index contributed by atoms with van der Waals surface area (Å²) in [7, 11) is 0. The van der Waals surface area contributed by atoms with Crippen LogP contribution in [0.3, 0.4) is 0 Å². The van der Waals surface area contributed by atoms with Gasteiger partial charge in [-0.05, 0) is 12.1 Å². The Labute approximate surface area is 115 Å². The number of pyridine rings is 1. The van der Waals surface area contributed by atoms with Crippen molar-refractivity contribution in [2.24, 2.45) is 5.73 Å². The van der Waals surface area contributed by atoms with E-state index in [1.165, 1.54) is 12.1 Å². The van der Waals surface area contributed by atoms with Crippen LogP contribution in [0.1, 0.15) is 26.3 Å². The summed E-state index contributed by atoms with van der Waals surface area (Å²) < 4.78 is 39.2. The molecule has 3 N–H and O–H groups in total. The van der Waals surface area contributed by atoms with E-state index >= 15 is 0 Å². The number of carboxylic acid groups (broad SMARTS) is 1. The van der Waals surface area contributed by atoms with Gasteiger partial charge in [0.2, 0.25) is 5.91 Å². The standard InChI is InChI=1S/C12H8F3N3O3/c13-12(14,15)8-5-18(4-7(8)11(20)21)9-2-1-6(3-17-9)10(16)19/h1-5H,(H2,16,19)(H,20,21). The quantitative estimate of drug-likeness (QED) is 0.901. The average molecular weight is 299 g/mol. The van der Waals surface area contributed by atoms with Gasteiger partial charge in [-0.2, -0.15) is 13.2 Å². The number of amides is 1. The molecule has 0 saturated heterocycles. The molecule has 0 atom stereocenters. The van der Waals surface area contributed by atoms with E-state index in [0.29, 0.717) is 6.20 Å². The molecule has 2 aromatic heterocycles. The maximum atomic E-state index is 12.7. The first-order valence-corrected chi connectivity index (χ1v) is 5.49. The summed E-state index contributed by atoms with van der Waals surface area (Å²) in [6.45, 7) is 0. The molecule has 0 aromatic carbocycles. The number of aromatic carboxylic acids is 1. The molecule has 6 nitrogen and oxygen atoms in total. The fraction of sp³-hybridized carbons (Fsp3) is 0.0833. The lowest BCUT2D eigenvalue weighted by molar-refractivity contribution is -0.138. The van der Waals surface area contributed by atoms with Gasteiger partial charge < -0.3 is 15.4 Å². The van der Waals surface area contributed by atoms with Gasteiger partial charge >= 0.3 is 12.1 Å². The number of carboxylic acids is 1. The number of hydrogen-bond acceptors (Lipinski definition) is 3. The van der Waals surface area contributed by atoms with E-state index in [2.05, 4.69) is 4.98 Å². The predicted molar refractivity (Wildman–Crippen MR) is 64.0 cm³/mol. The first-order valence-electron chi connectivity index (χ1n) is 5.49. The van der Waals surface area contributed by atoms with Crippen molar-refractivity contribution < 1.29 is 27.9 Å². The lowest BCUT2D eigenvalue weighted by atomic mass is 10.2. The Morgan fingerprint density at radius 1 is 1.24 bits per heavy atom. The van der Waals surface area contributed by atoms with Gasteiger partial charge in [-0.1, -0.05) is 0 Å². The minimum atomic E-state index is -4.80. The van der Waals surface area contributed by atoms with Crippen LogP contribution in [0.25, 0.3) is 5.82 Å². The predicted octanol–water partition coefficient (Wildman–Crippen LogP) is 1.69. The zero-order valence-corrected chi connectivity index (χ0v) is 10.3. The monoisotopic (exact) mass is 299 g/mol. The molecule has 1 amide bonds. The van der Waals surface area contributed by atoms with Crippen molar-refractivity contribution in [3.8, 4) is 5.82 Å². The van der Waals surface area contributed by atoms with E-state index < -0.39 is 29.2 Å². The van der Waals surface area contributed by atoms with Crippen LogP contribution in [0.4, 0.5) is 13.2 Å². The Kier molecular flexibility index (Phi) is 3.42. The van der Waals surface area contributed by atoms with Gasteiger partial charge in [-0.25, -0.2) is 9.78 Å². The van der Waals surface area contributed by atoms with E-state index in [-0.39, 0.29) is 11.4 Å². The number of nitrogens with zero attached hydrogens (tertiary/aromatic N) is 2. The highest BCUT2D eigenvalue weighted by molar-refractivity contribution is 5.92. The minimum absolute atomic E-state index is 0.0259. The smallest absolute Gasteiger partial charge is 0.418 e. The van der Waals surface area contributed by atoms with Crippen LogP contribution in [-0.2, 0) is 6.18 Å². The molecule has 0 saturated carbocycles. The van der Waals surface area contributed by atoms with Crippen LogP contribution in [0.2, 0.25) is 0 Å². The first-order chi connectivity index (χ1) is 9.70. The molecule has 2 rings (SSSR count). The van der Waals surface area contributed by atoms with Crippen molar-refractivity contribution >= 4 is 11.9 Å². The molecule has 2 aromatic rings. The number of rotatable bonds is 3. The van der Waals surface area contributed by atoms with Gasteiger partial charge in [-0.15, -0.1) is 0 Å². The van der Waals surface area contributed by atoms with E-state index in [4.69, 9.17) is 10.8 Å². The van der Waals surface area contributed by atoms with E-state index in [1.54, 1.807) is 0 Å². The average Bonchev–Trinajstić information content (AvgIpc) is 2.84. The van der Waals surface area contributed by atoms with Gasteiger partial charge in [0.05, 0.1) is 16.7 Å². The lowest BCUT2D eigenvalue weighted by Gasteiger charge is -2.04. The maximum absolute atomic E-state index is 12.7. The minimum Gasteiger partial charge on any atom is -0.478 e. The molecule has 0 aliphatic heterocycles. The molecule has 21 heavy (non-hydrogen) atoms. The third kappa shape index (κ3) is 2.86. The third-order valence-electron chi connectivity index (χ3n) is 2.66. The largest absolute Gasteiger partial charge is 0.478 e. The summed E-state index contributed by atoms with van der Waals surface area (Å²) >= 11 is 0. The molecule has 0 radical (unpaired) electrons. The first kappa shape index (κ1) is 14.6. The van der Waals surface area contributed by atoms with Crippen molar-refractivity contribution in [3.63, 3.8) is 0 Å². The van der Waals surface area contributed by atoms with E-state index in [0.717, 1.165) is 17.0 Å². The highest BCUT2D eigenvalue weighted by Crippen LogP contribution is 2.33. The normalized spacial score (nSPS) is 11.4. The van der Waals surface area contributed by atoms with Crippen molar-refractivity contribution in [1.29, 1.82) is 0 Å². The van der Waals surface area contributed by atoms with Crippen LogP contribution < -0.4 is 5.73 Å². The van der Waals surface area contributed by atoms with E-state index in [1.807, 2.05) is 0 Å². The van der Waals surface area contributed by atoms with Crippen LogP contribution >= 0.6 is 0 Å². The number of carbonyl (C=O) groups excluding carboxylic acids is 1. The number of carbonyl (C=O) groups is 2. The topological polar surface area (TPSA) is 98.2 Å². The molecule has 9 heteroatoms. The maximum Gasteiger partial charge on any atom is 0.418 e. The second-order valence-corrected chi connectivity index (χ2v) is 4.07. The van der Waals surface area contributed by atoms with E-state index in [9.17, 15) is 22.8 Å². The fourth-order valence-corrected chi connectivity index (χ4v) is 1.67. The lowest BCUT2D eigenvalue weighted by Crippen LogP contribution is -2.11. The third-order valence-corrected chi connectivity index (χ3v) is 2.66. The van der Waals surface area contributed by atoms with Gasteiger partial charge in [0.15, 0.2) is 0 Å². The van der Waals surface area contributed by atoms with Gasteiger partial charge in [0, 0.05) is 18.6 Å². The number of alkyl halides is 3. The van der Waals surface area contributed by atoms with Crippen molar-refractivity contribution in [2.75, 3.05) is 0 Å². The molecule has 2 heterocycles. The second kappa shape index (κ2) is 4.93. The second-order valence-electron chi connectivity index (χ2n) is 4.07. The number of aromatic nitrogens is 2. The molecule has 0 unspecified atom stereocenters. The van der Waals surface area contributed by atoms with Crippen molar-refractivity contribution in [2.45, 2.75) is 6.18 Å². The fourth-order valence-electron chi connectivity index (χ4n) is 1.67. The summed E-state index contributed by atoms with van der Waals surface area (Å²) in [6.07, 6.45) is -2.29. The zero-order chi connectivity index (χ0) is 15.8. The van der Waals surface area contributed by atoms with Crippen LogP contribution in [-0.4, -0.2) is 26.5 Å². The Morgan fingerprint density at radius 2 is 1.90 bits per heavy atom. The Hall–Kier alpha value is -2.84. The molecular weight excluding hydrogens is 291 g/mol. The highest BCUT2D eigenvalue weighted by Gasteiger charge is 2.37. The molecule has 0 fully saturated rings. The number of hydrogen-bond donors (Lipinski definition) is 2. The summed E-state index contributed by atoms with van der Waals surface area (Å²) in [4.78, 5) is 25.5. The van der Waals surface area contributed by atoms with Crippen LogP contribution in [0, 0.1) is 0 Å². The molecule has 0 aliphatic carbocycles. The molecule has 0 aliphatic rings. The van der Waals surface area contributed by atoms with Crippen molar-refractivity contribution in [1.82, 2.24) is 9.55 Å². The SMILES string of the molecule is NC(=O)c1ccc(-n2cc(C(=O)O)c(C(F)(F)F)c2)nc1. The molecule has 0 bridgehead atoms. The Balaban J connectivity index is 2.50. The zero-order valence-electron chi connectivity index (χ0n) is 10.3. The summed E-state index contributed by atoms with van der Waals surface area (Å²) in [6, 6.07) is 2.53. The summed E-state index contributed by atoms with van der Waals surface area (Å²) in [5.41, 5.74) is 2.93. The highest BCUT2D eigenvalue weighted by atomic mass is 19.4. The number of primary amides is 1. The number of halogens is 3. The Morgan fingerprint density at radius 3 is 2.29 bits per heavy atom. The molecule has 110 valence electrons. The van der Waals surface area contributed by atoms with Gasteiger partial charge in [-0.3, -0.25) is 4.79 Å². The van der Waals surface area contributed by atoms with Crippen LogP contribution in [0.15, 0.2) is 30.7 Å². The van der Waals surface area contributed by atoms with Gasteiger partial charge in [0.1, 0.15) is 5.82 Å².